The second kappa shape index (κ2) is 10.7. The van der Waals surface area contributed by atoms with Crippen molar-refractivity contribution < 1.29 is 23.5 Å². The number of carbonyl (C=O) groups excluding carboxylic acids is 3. The van der Waals surface area contributed by atoms with Crippen LogP contribution in [0.3, 0.4) is 0 Å². The van der Waals surface area contributed by atoms with Crippen molar-refractivity contribution in [3.63, 3.8) is 0 Å². The summed E-state index contributed by atoms with van der Waals surface area (Å²) in [5.41, 5.74) is 2.52. The molecule has 0 fully saturated rings. The Hall–Kier alpha value is -4.40. The zero-order valence-electron chi connectivity index (χ0n) is 19.2. The average Bonchev–Trinajstić information content (AvgIpc) is 2.88. The molecule has 3 aromatic rings. The number of rotatable bonds is 7. The first kappa shape index (κ1) is 23.7. The fourth-order valence-electron chi connectivity index (χ4n) is 3.83. The summed E-state index contributed by atoms with van der Waals surface area (Å²) in [5, 5.41) is 5.57. The van der Waals surface area contributed by atoms with Crippen LogP contribution in [0.15, 0.2) is 72.8 Å². The fraction of sp³-hybridized carbons (Fsp3) is 0.192. The van der Waals surface area contributed by atoms with Gasteiger partial charge in [-0.15, -0.1) is 0 Å². The summed E-state index contributed by atoms with van der Waals surface area (Å²) in [5.74, 6) is -0.418. The van der Waals surface area contributed by atoms with Crippen molar-refractivity contribution >= 4 is 29.2 Å². The summed E-state index contributed by atoms with van der Waals surface area (Å²) < 4.78 is 18.4. The maximum Gasteiger partial charge on any atom is 0.322 e. The molecule has 9 heteroatoms. The highest BCUT2D eigenvalue weighted by molar-refractivity contribution is 6.12. The predicted molar refractivity (Wildman–Crippen MR) is 130 cm³/mol. The van der Waals surface area contributed by atoms with Crippen LogP contribution in [-0.2, 0) is 22.7 Å². The quantitative estimate of drug-likeness (QED) is 0.548. The maximum atomic E-state index is 13.1. The monoisotopic (exact) mass is 476 g/mol. The summed E-state index contributed by atoms with van der Waals surface area (Å²) in [6.07, 6.45) is 0. The molecule has 4 rings (SSSR count). The minimum atomic E-state index is -0.463. The molecular weight excluding hydrogens is 451 g/mol. The van der Waals surface area contributed by atoms with E-state index in [1.54, 1.807) is 43.5 Å². The Morgan fingerprint density at radius 3 is 2.34 bits per heavy atom. The summed E-state index contributed by atoms with van der Waals surface area (Å²) in [4.78, 5) is 41.2. The highest BCUT2D eigenvalue weighted by atomic mass is 19.1. The number of nitrogens with zero attached hydrogens (tertiary/aromatic N) is 2. The molecule has 0 unspecified atom stereocenters. The van der Waals surface area contributed by atoms with Gasteiger partial charge < -0.3 is 15.4 Å². The highest BCUT2D eigenvalue weighted by Gasteiger charge is 2.33. The standard InChI is InChI=1S/C26H25FN4O4/c1-35-23-9-5-2-6-19(23)15-28-24(32)16-30-21-7-3-4-8-22(21)31(17-25(30)33)26(34)29-14-18-10-12-20(27)13-11-18/h2-13H,14-17H2,1H3,(H,28,32)(H,29,34). The third-order valence-corrected chi connectivity index (χ3v) is 5.63. The highest BCUT2D eigenvalue weighted by Crippen LogP contribution is 2.33. The Kier molecular flexibility index (Phi) is 7.25. The first-order valence-electron chi connectivity index (χ1n) is 11.0. The van der Waals surface area contributed by atoms with E-state index in [4.69, 9.17) is 4.74 Å². The second-order valence-corrected chi connectivity index (χ2v) is 7.93. The number of urea groups is 1. The van der Waals surface area contributed by atoms with E-state index >= 15 is 0 Å². The number of ether oxygens (including phenoxy) is 1. The molecule has 2 N–H and O–H groups in total. The minimum Gasteiger partial charge on any atom is -0.496 e. The molecule has 35 heavy (non-hydrogen) atoms. The Labute approximate surface area is 202 Å². The van der Waals surface area contributed by atoms with E-state index in [0.717, 1.165) is 11.1 Å². The van der Waals surface area contributed by atoms with Crippen molar-refractivity contribution in [2.24, 2.45) is 0 Å². The molecule has 3 aromatic carbocycles. The number of methoxy groups -OCH3 is 1. The minimum absolute atomic E-state index is 0.182. The first-order chi connectivity index (χ1) is 17.0. The molecule has 0 bridgehead atoms. The molecule has 4 amide bonds. The molecule has 0 aromatic heterocycles. The molecule has 0 saturated carbocycles. The normalized spacial score (nSPS) is 12.7. The number of hydrogen-bond acceptors (Lipinski definition) is 4. The van der Waals surface area contributed by atoms with Gasteiger partial charge in [-0.1, -0.05) is 42.5 Å². The van der Waals surface area contributed by atoms with Gasteiger partial charge in [-0.2, -0.15) is 0 Å². The number of amides is 4. The lowest BCUT2D eigenvalue weighted by Crippen LogP contribution is -2.53. The van der Waals surface area contributed by atoms with E-state index in [2.05, 4.69) is 10.6 Å². The lowest BCUT2D eigenvalue weighted by Gasteiger charge is -2.35. The lowest BCUT2D eigenvalue weighted by atomic mass is 10.1. The van der Waals surface area contributed by atoms with Gasteiger partial charge in [0.05, 0.1) is 18.5 Å². The zero-order valence-corrected chi connectivity index (χ0v) is 19.2. The van der Waals surface area contributed by atoms with Gasteiger partial charge in [0.25, 0.3) is 0 Å². The van der Waals surface area contributed by atoms with Crippen molar-refractivity contribution in [3.05, 3.63) is 89.7 Å². The molecule has 1 aliphatic heterocycles. The van der Waals surface area contributed by atoms with Gasteiger partial charge in [-0.3, -0.25) is 19.4 Å². The largest absolute Gasteiger partial charge is 0.496 e. The topological polar surface area (TPSA) is 91.0 Å². The van der Waals surface area contributed by atoms with E-state index < -0.39 is 6.03 Å². The molecule has 0 atom stereocenters. The molecular formula is C26H25FN4O4. The molecule has 0 spiro atoms. The Bertz CT molecular complexity index is 1230. The maximum absolute atomic E-state index is 13.1. The van der Waals surface area contributed by atoms with Crippen molar-refractivity contribution in [1.82, 2.24) is 10.6 Å². The number of carbonyl (C=O) groups is 3. The number of halogens is 1. The fourth-order valence-corrected chi connectivity index (χ4v) is 3.83. The number of hydrogen-bond donors (Lipinski definition) is 2. The van der Waals surface area contributed by atoms with E-state index in [0.29, 0.717) is 17.1 Å². The zero-order chi connectivity index (χ0) is 24.8. The van der Waals surface area contributed by atoms with Crippen molar-refractivity contribution in [2.45, 2.75) is 13.1 Å². The van der Waals surface area contributed by atoms with E-state index in [1.165, 1.54) is 21.9 Å². The van der Waals surface area contributed by atoms with E-state index in [-0.39, 0.29) is 43.8 Å². The van der Waals surface area contributed by atoms with Crippen LogP contribution in [0.25, 0.3) is 0 Å². The van der Waals surface area contributed by atoms with E-state index in [1.807, 2.05) is 24.3 Å². The number of anilines is 2. The van der Waals surface area contributed by atoms with Crippen molar-refractivity contribution in [3.8, 4) is 5.75 Å². The molecule has 1 heterocycles. The first-order valence-corrected chi connectivity index (χ1v) is 11.0. The second-order valence-electron chi connectivity index (χ2n) is 7.93. The van der Waals surface area contributed by atoms with Crippen molar-refractivity contribution in [2.75, 3.05) is 30.0 Å². The third kappa shape index (κ3) is 5.57. The lowest BCUT2D eigenvalue weighted by molar-refractivity contribution is -0.123. The van der Waals surface area contributed by atoms with Crippen LogP contribution >= 0.6 is 0 Å². The van der Waals surface area contributed by atoms with Crippen LogP contribution in [0.1, 0.15) is 11.1 Å². The molecule has 0 saturated heterocycles. The Morgan fingerprint density at radius 1 is 0.914 bits per heavy atom. The molecule has 1 aliphatic rings. The molecule has 8 nitrogen and oxygen atoms in total. The summed E-state index contributed by atoms with van der Waals surface area (Å²) in [6, 6.07) is 19.6. The summed E-state index contributed by atoms with van der Waals surface area (Å²) in [6.45, 7) is 0.0353. The van der Waals surface area contributed by atoms with Crippen LogP contribution in [-0.4, -0.2) is 38.0 Å². The molecule has 0 aliphatic carbocycles. The van der Waals surface area contributed by atoms with Crippen LogP contribution in [0, 0.1) is 5.82 Å². The number of nitrogens with one attached hydrogen (secondary N) is 2. The number of benzene rings is 3. The van der Waals surface area contributed by atoms with Gasteiger partial charge in [0.1, 0.15) is 24.7 Å². The van der Waals surface area contributed by atoms with Crippen LogP contribution in [0.4, 0.5) is 20.6 Å². The summed E-state index contributed by atoms with van der Waals surface area (Å²) in [7, 11) is 1.56. The van der Waals surface area contributed by atoms with Gasteiger partial charge >= 0.3 is 6.03 Å². The van der Waals surface area contributed by atoms with Gasteiger partial charge in [-0.25, -0.2) is 9.18 Å². The number of para-hydroxylation sites is 3. The predicted octanol–water partition coefficient (Wildman–Crippen LogP) is 3.21. The SMILES string of the molecule is COc1ccccc1CNC(=O)CN1C(=O)CN(C(=O)NCc2ccc(F)cc2)c2ccccc21. The van der Waals surface area contributed by atoms with Gasteiger partial charge in [0.2, 0.25) is 11.8 Å². The van der Waals surface area contributed by atoms with Crippen LogP contribution < -0.4 is 25.2 Å². The Balaban J connectivity index is 1.43. The number of fused-ring (bicyclic) bond motifs is 1. The van der Waals surface area contributed by atoms with E-state index in [9.17, 15) is 18.8 Å². The van der Waals surface area contributed by atoms with Crippen molar-refractivity contribution in [1.29, 1.82) is 0 Å². The summed E-state index contributed by atoms with van der Waals surface area (Å²) >= 11 is 0. The smallest absolute Gasteiger partial charge is 0.322 e. The van der Waals surface area contributed by atoms with Crippen LogP contribution in [0.2, 0.25) is 0 Å². The van der Waals surface area contributed by atoms with Gasteiger partial charge in [0, 0.05) is 18.7 Å². The third-order valence-electron chi connectivity index (χ3n) is 5.63. The van der Waals surface area contributed by atoms with Gasteiger partial charge in [0.15, 0.2) is 0 Å². The molecule has 0 radical (unpaired) electrons. The van der Waals surface area contributed by atoms with Gasteiger partial charge in [-0.05, 0) is 35.9 Å². The Morgan fingerprint density at radius 2 is 1.60 bits per heavy atom. The molecule has 180 valence electrons. The van der Waals surface area contributed by atoms with Crippen LogP contribution in [0.5, 0.6) is 5.75 Å². The average molecular weight is 477 g/mol.